The highest BCUT2D eigenvalue weighted by molar-refractivity contribution is 6.33. The number of carbonyl (C=O) groups excluding carboxylic acids is 1. The molecule has 1 amide bonds. The van der Waals surface area contributed by atoms with E-state index in [2.05, 4.69) is 5.48 Å². The van der Waals surface area contributed by atoms with E-state index in [4.69, 9.17) is 28.0 Å². The van der Waals surface area contributed by atoms with Gasteiger partial charge in [0.25, 0.3) is 5.91 Å². The average molecular weight is 306 g/mol. The van der Waals surface area contributed by atoms with Crippen molar-refractivity contribution in [2.75, 3.05) is 0 Å². The fourth-order valence-electron chi connectivity index (χ4n) is 1.29. The summed E-state index contributed by atoms with van der Waals surface area (Å²) in [7, 11) is 0. The van der Waals surface area contributed by atoms with Crippen LogP contribution in [0.2, 0.25) is 10.0 Å². The Morgan fingerprint density at radius 2 is 1.84 bits per heavy atom. The molecule has 2 N–H and O–H groups in total. The molecule has 1 atom stereocenters. The highest BCUT2D eigenvalue weighted by Gasteiger charge is 2.35. The molecule has 0 aromatic heterocycles. The number of benzene rings is 1. The zero-order chi connectivity index (χ0) is 14.8. The fraction of sp³-hybridized carbons (Fsp3) is 0.462. The van der Waals surface area contributed by atoms with Gasteiger partial charge in [0.1, 0.15) is 0 Å². The van der Waals surface area contributed by atoms with Gasteiger partial charge in [-0.3, -0.25) is 9.63 Å². The number of hydroxylamine groups is 1. The number of hydrogen-bond donors (Lipinski definition) is 2. The zero-order valence-corrected chi connectivity index (χ0v) is 12.8. The summed E-state index contributed by atoms with van der Waals surface area (Å²) in [5, 5.41) is 11.0. The number of halogens is 2. The molecule has 0 aliphatic carbocycles. The summed E-state index contributed by atoms with van der Waals surface area (Å²) in [5.74, 6) is -0.716. The van der Waals surface area contributed by atoms with Crippen LogP contribution in [0.1, 0.15) is 33.3 Å². The first-order chi connectivity index (χ1) is 8.54. The normalized spacial score (nSPS) is 14.9. The lowest BCUT2D eigenvalue weighted by Crippen LogP contribution is -2.45. The lowest BCUT2D eigenvalue weighted by atomic mass is 9.95. The second-order valence-corrected chi connectivity index (χ2v) is 6.19. The summed E-state index contributed by atoms with van der Waals surface area (Å²) in [6.07, 6.45) is 0. The van der Waals surface area contributed by atoms with Crippen LogP contribution in [0.3, 0.4) is 0 Å². The zero-order valence-electron chi connectivity index (χ0n) is 11.3. The van der Waals surface area contributed by atoms with Gasteiger partial charge in [0.15, 0.2) is 5.60 Å². The number of nitrogens with one attached hydrogen (secondary N) is 1. The molecule has 1 unspecified atom stereocenters. The molecule has 1 aromatic carbocycles. The van der Waals surface area contributed by atoms with Crippen molar-refractivity contribution in [3.63, 3.8) is 0 Å². The van der Waals surface area contributed by atoms with Crippen molar-refractivity contribution in [3.05, 3.63) is 33.8 Å². The Labute approximate surface area is 122 Å². The van der Waals surface area contributed by atoms with E-state index < -0.39 is 17.1 Å². The number of rotatable bonds is 3. The Kier molecular flexibility index (Phi) is 4.85. The topological polar surface area (TPSA) is 58.6 Å². The van der Waals surface area contributed by atoms with Crippen LogP contribution in [-0.4, -0.2) is 16.6 Å². The van der Waals surface area contributed by atoms with Crippen molar-refractivity contribution in [1.29, 1.82) is 0 Å². The van der Waals surface area contributed by atoms with Gasteiger partial charge in [-0.2, -0.15) is 0 Å². The van der Waals surface area contributed by atoms with Crippen LogP contribution < -0.4 is 5.48 Å². The van der Waals surface area contributed by atoms with Crippen LogP contribution in [0.5, 0.6) is 0 Å². The van der Waals surface area contributed by atoms with Crippen LogP contribution in [-0.2, 0) is 15.2 Å². The third-order valence-electron chi connectivity index (χ3n) is 2.34. The highest BCUT2D eigenvalue weighted by Crippen LogP contribution is 2.30. The molecule has 0 bridgehead atoms. The van der Waals surface area contributed by atoms with Crippen molar-refractivity contribution in [3.8, 4) is 0 Å². The van der Waals surface area contributed by atoms with Crippen molar-refractivity contribution >= 4 is 29.1 Å². The van der Waals surface area contributed by atoms with E-state index in [1.54, 1.807) is 26.8 Å². The Bertz CT molecular complexity index is 481. The minimum atomic E-state index is -1.84. The van der Waals surface area contributed by atoms with Gasteiger partial charge in [-0.15, -0.1) is 0 Å². The van der Waals surface area contributed by atoms with Crippen LogP contribution in [0, 0.1) is 0 Å². The summed E-state index contributed by atoms with van der Waals surface area (Å²) in [5.41, 5.74) is 0.0309. The predicted molar refractivity (Wildman–Crippen MR) is 75.0 cm³/mol. The van der Waals surface area contributed by atoms with Crippen LogP contribution in [0.15, 0.2) is 18.2 Å². The van der Waals surface area contributed by atoms with Gasteiger partial charge in [0.2, 0.25) is 0 Å². The van der Waals surface area contributed by atoms with E-state index in [9.17, 15) is 9.90 Å². The summed E-state index contributed by atoms with van der Waals surface area (Å²) in [4.78, 5) is 17.1. The van der Waals surface area contributed by atoms with E-state index in [-0.39, 0.29) is 10.6 Å². The van der Waals surface area contributed by atoms with Crippen LogP contribution in [0.4, 0.5) is 0 Å². The maximum Gasteiger partial charge on any atom is 0.279 e. The second-order valence-electron chi connectivity index (χ2n) is 5.34. The molecule has 0 heterocycles. The first-order valence-electron chi connectivity index (χ1n) is 5.70. The highest BCUT2D eigenvalue weighted by atomic mass is 35.5. The average Bonchev–Trinajstić information content (AvgIpc) is 2.28. The second kappa shape index (κ2) is 5.67. The lowest BCUT2D eigenvalue weighted by Gasteiger charge is -2.26. The van der Waals surface area contributed by atoms with Crippen LogP contribution >= 0.6 is 23.2 Å². The molecule has 0 fully saturated rings. The lowest BCUT2D eigenvalue weighted by molar-refractivity contribution is -0.163. The van der Waals surface area contributed by atoms with E-state index >= 15 is 0 Å². The molecule has 0 spiro atoms. The fourth-order valence-corrected chi connectivity index (χ4v) is 1.77. The molecular formula is C13H17Cl2NO3. The van der Waals surface area contributed by atoms with Crippen molar-refractivity contribution in [2.45, 2.75) is 38.9 Å². The van der Waals surface area contributed by atoms with E-state index in [0.717, 1.165) is 0 Å². The van der Waals surface area contributed by atoms with E-state index in [1.807, 2.05) is 0 Å². The quantitative estimate of drug-likeness (QED) is 0.844. The number of hydrogen-bond acceptors (Lipinski definition) is 3. The van der Waals surface area contributed by atoms with E-state index in [1.165, 1.54) is 19.1 Å². The number of aliphatic hydroxyl groups is 1. The SMILES string of the molecule is CC(C)(C)ONC(=O)C(C)(O)c1cc(Cl)ccc1Cl. The Hall–Kier alpha value is -0.810. The molecule has 0 radical (unpaired) electrons. The maximum absolute atomic E-state index is 12.0. The molecule has 19 heavy (non-hydrogen) atoms. The third kappa shape index (κ3) is 4.35. The molecule has 106 valence electrons. The first-order valence-corrected chi connectivity index (χ1v) is 6.46. The number of carbonyl (C=O) groups is 1. The molecule has 0 aliphatic heterocycles. The summed E-state index contributed by atoms with van der Waals surface area (Å²) in [6.45, 7) is 6.64. The molecule has 1 aromatic rings. The first kappa shape index (κ1) is 16.2. The Morgan fingerprint density at radius 3 is 2.37 bits per heavy atom. The molecular weight excluding hydrogens is 289 g/mol. The van der Waals surface area contributed by atoms with Gasteiger partial charge < -0.3 is 5.11 Å². The summed E-state index contributed by atoms with van der Waals surface area (Å²) < 4.78 is 0. The Morgan fingerprint density at radius 1 is 1.26 bits per heavy atom. The number of amides is 1. The standard InChI is InChI=1S/C13H17Cl2NO3/c1-12(2,3)19-16-11(17)13(4,18)9-7-8(14)5-6-10(9)15/h5-7,18H,1-4H3,(H,16,17). The van der Waals surface area contributed by atoms with Gasteiger partial charge in [-0.05, 0) is 45.9 Å². The summed E-state index contributed by atoms with van der Waals surface area (Å²) in [6, 6.07) is 4.54. The smallest absolute Gasteiger partial charge is 0.279 e. The molecule has 0 saturated heterocycles. The van der Waals surface area contributed by atoms with Crippen LogP contribution in [0.25, 0.3) is 0 Å². The predicted octanol–water partition coefficient (Wildman–Crippen LogP) is 3.05. The summed E-state index contributed by atoms with van der Waals surface area (Å²) >= 11 is 11.8. The van der Waals surface area contributed by atoms with Gasteiger partial charge in [0.05, 0.1) is 5.60 Å². The molecule has 0 aliphatic rings. The van der Waals surface area contributed by atoms with E-state index in [0.29, 0.717) is 5.02 Å². The Balaban J connectivity index is 2.96. The molecule has 0 saturated carbocycles. The molecule has 4 nitrogen and oxygen atoms in total. The minimum Gasteiger partial charge on any atom is -0.375 e. The van der Waals surface area contributed by atoms with Gasteiger partial charge in [0, 0.05) is 15.6 Å². The van der Waals surface area contributed by atoms with Crippen molar-refractivity contribution in [1.82, 2.24) is 5.48 Å². The molecule has 1 rings (SSSR count). The third-order valence-corrected chi connectivity index (χ3v) is 2.91. The van der Waals surface area contributed by atoms with Gasteiger partial charge >= 0.3 is 0 Å². The largest absolute Gasteiger partial charge is 0.375 e. The maximum atomic E-state index is 12.0. The minimum absolute atomic E-state index is 0.219. The monoisotopic (exact) mass is 305 g/mol. The van der Waals surface area contributed by atoms with Gasteiger partial charge in [-0.1, -0.05) is 23.2 Å². The van der Waals surface area contributed by atoms with Crippen molar-refractivity contribution in [2.24, 2.45) is 0 Å². The van der Waals surface area contributed by atoms with Crippen molar-refractivity contribution < 1.29 is 14.7 Å². The molecule has 6 heteroatoms. The van der Waals surface area contributed by atoms with Gasteiger partial charge in [-0.25, -0.2) is 5.48 Å².